The van der Waals surface area contributed by atoms with E-state index >= 15 is 0 Å². The summed E-state index contributed by atoms with van der Waals surface area (Å²) in [7, 11) is 0. The van der Waals surface area contributed by atoms with Gasteiger partial charge in [0.2, 0.25) is 0 Å². The minimum Gasteiger partial charge on any atom is -0.452 e. The zero-order valence-corrected chi connectivity index (χ0v) is 12.6. The van der Waals surface area contributed by atoms with Gasteiger partial charge >= 0.3 is 5.97 Å². The van der Waals surface area contributed by atoms with Crippen molar-refractivity contribution in [1.29, 1.82) is 0 Å². The number of carbonyl (C=O) groups is 2. The number of hydrogen-bond donors (Lipinski definition) is 2. The number of amides is 1. The summed E-state index contributed by atoms with van der Waals surface area (Å²) in [6, 6.07) is 12.1. The van der Waals surface area contributed by atoms with Crippen molar-refractivity contribution in [3.05, 3.63) is 59.2 Å². The fourth-order valence-electron chi connectivity index (χ4n) is 2.12. The van der Waals surface area contributed by atoms with E-state index in [4.69, 9.17) is 10.5 Å². The molecule has 0 unspecified atom stereocenters. The van der Waals surface area contributed by atoms with Gasteiger partial charge in [0.25, 0.3) is 5.91 Å². The number of rotatable bonds is 4. The van der Waals surface area contributed by atoms with Crippen LogP contribution in [0.3, 0.4) is 0 Å². The van der Waals surface area contributed by atoms with Gasteiger partial charge < -0.3 is 15.8 Å². The van der Waals surface area contributed by atoms with Crippen LogP contribution in [-0.2, 0) is 9.53 Å². The van der Waals surface area contributed by atoms with Gasteiger partial charge in [-0.3, -0.25) is 4.79 Å². The number of carbonyl (C=O) groups excluding carboxylic acids is 2. The maximum absolute atomic E-state index is 11.8. The zero-order chi connectivity index (χ0) is 16.1. The Morgan fingerprint density at radius 1 is 1.09 bits per heavy atom. The number of nitrogens with two attached hydrogens (primary N) is 1. The minimum atomic E-state index is -0.581. The molecule has 0 aliphatic heterocycles. The van der Waals surface area contributed by atoms with Crippen molar-refractivity contribution in [3.63, 3.8) is 0 Å². The Hall–Kier alpha value is -2.82. The molecule has 22 heavy (non-hydrogen) atoms. The van der Waals surface area contributed by atoms with Crippen LogP contribution in [0, 0.1) is 13.8 Å². The van der Waals surface area contributed by atoms with Gasteiger partial charge in [0.05, 0.1) is 5.56 Å². The first kappa shape index (κ1) is 15.6. The van der Waals surface area contributed by atoms with Crippen molar-refractivity contribution < 1.29 is 14.3 Å². The van der Waals surface area contributed by atoms with Gasteiger partial charge in [0, 0.05) is 11.4 Å². The molecule has 0 aromatic heterocycles. The van der Waals surface area contributed by atoms with Crippen LogP contribution >= 0.6 is 0 Å². The number of ether oxygens (including phenoxy) is 1. The Morgan fingerprint density at radius 3 is 2.41 bits per heavy atom. The fourth-order valence-corrected chi connectivity index (χ4v) is 2.12. The molecule has 0 saturated heterocycles. The number of aryl methyl sites for hydroxylation is 2. The second-order valence-corrected chi connectivity index (χ2v) is 5.13. The monoisotopic (exact) mass is 298 g/mol. The molecule has 0 aliphatic rings. The molecule has 0 bridgehead atoms. The van der Waals surface area contributed by atoms with Crippen LogP contribution in [0.15, 0.2) is 42.5 Å². The lowest BCUT2D eigenvalue weighted by Gasteiger charge is -2.08. The molecule has 0 saturated carbocycles. The van der Waals surface area contributed by atoms with Crippen LogP contribution in [0.25, 0.3) is 0 Å². The highest BCUT2D eigenvalue weighted by Crippen LogP contribution is 2.13. The van der Waals surface area contributed by atoms with Gasteiger partial charge in [-0.15, -0.1) is 0 Å². The summed E-state index contributed by atoms with van der Waals surface area (Å²) < 4.78 is 4.97. The first-order valence-corrected chi connectivity index (χ1v) is 6.85. The van der Waals surface area contributed by atoms with E-state index in [1.54, 1.807) is 18.2 Å². The van der Waals surface area contributed by atoms with Crippen LogP contribution < -0.4 is 11.1 Å². The van der Waals surface area contributed by atoms with Gasteiger partial charge in [0.1, 0.15) is 0 Å². The molecular formula is C17H18N2O3. The lowest BCUT2D eigenvalue weighted by Crippen LogP contribution is -2.21. The molecule has 0 radical (unpaired) electrons. The van der Waals surface area contributed by atoms with Gasteiger partial charge in [-0.05, 0) is 55.3 Å². The second kappa shape index (κ2) is 6.76. The lowest BCUT2D eigenvalue weighted by atomic mass is 10.1. The fraction of sp³-hybridized carbons (Fsp3) is 0.176. The van der Waals surface area contributed by atoms with E-state index in [9.17, 15) is 9.59 Å². The Labute approximate surface area is 129 Å². The summed E-state index contributed by atoms with van der Waals surface area (Å²) in [5.74, 6) is -0.967. The standard InChI is InChI=1S/C17H18N2O3/c1-11-6-12(2)8-15(7-11)19-16(20)10-22-17(21)13-4-3-5-14(18)9-13/h3-9H,10,18H2,1-2H3,(H,19,20). The Bertz CT molecular complexity index is 691. The van der Waals surface area contributed by atoms with Crippen LogP contribution in [0.4, 0.5) is 11.4 Å². The van der Waals surface area contributed by atoms with Crippen molar-refractivity contribution in [2.24, 2.45) is 0 Å². The molecule has 5 nitrogen and oxygen atoms in total. The molecule has 2 aromatic rings. The number of esters is 1. The summed E-state index contributed by atoms with van der Waals surface area (Å²) >= 11 is 0. The zero-order valence-electron chi connectivity index (χ0n) is 12.6. The molecule has 2 rings (SSSR count). The average molecular weight is 298 g/mol. The molecule has 0 atom stereocenters. The molecule has 0 spiro atoms. The van der Waals surface area contributed by atoms with Crippen LogP contribution in [0.1, 0.15) is 21.5 Å². The molecule has 0 aliphatic carbocycles. The van der Waals surface area contributed by atoms with Gasteiger partial charge in [-0.1, -0.05) is 12.1 Å². The number of anilines is 2. The van der Waals surface area contributed by atoms with Crippen molar-refractivity contribution in [3.8, 4) is 0 Å². The van der Waals surface area contributed by atoms with Crippen molar-refractivity contribution in [2.75, 3.05) is 17.7 Å². The van der Waals surface area contributed by atoms with E-state index in [-0.39, 0.29) is 12.5 Å². The highest BCUT2D eigenvalue weighted by molar-refractivity contribution is 5.95. The Balaban J connectivity index is 1.91. The van der Waals surface area contributed by atoms with Gasteiger partial charge in [0.15, 0.2) is 6.61 Å². The summed E-state index contributed by atoms with van der Waals surface area (Å²) in [5, 5.41) is 2.70. The molecule has 0 fully saturated rings. The molecule has 1 amide bonds. The smallest absolute Gasteiger partial charge is 0.338 e. The van der Waals surface area contributed by atoms with E-state index in [0.29, 0.717) is 16.9 Å². The third-order valence-electron chi connectivity index (χ3n) is 2.96. The molecular weight excluding hydrogens is 280 g/mol. The highest BCUT2D eigenvalue weighted by Gasteiger charge is 2.10. The predicted molar refractivity (Wildman–Crippen MR) is 85.7 cm³/mol. The first-order chi connectivity index (χ1) is 10.4. The minimum absolute atomic E-state index is 0.319. The number of benzene rings is 2. The molecule has 2 aromatic carbocycles. The van der Waals surface area contributed by atoms with Crippen LogP contribution in [-0.4, -0.2) is 18.5 Å². The van der Waals surface area contributed by atoms with Crippen molar-refractivity contribution in [1.82, 2.24) is 0 Å². The van der Waals surface area contributed by atoms with Crippen molar-refractivity contribution >= 4 is 23.3 Å². The van der Waals surface area contributed by atoms with E-state index in [0.717, 1.165) is 11.1 Å². The van der Waals surface area contributed by atoms with Crippen LogP contribution in [0.2, 0.25) is 0 Å². The van der Waals surface area contributed by atoms with E-state index in [1.807, 2.05) is 32.0 Å². The van der Waals surface area contributed by atoms with Crippen LogP contribution in [0.5, 0.6) is 0 Å². The molecule has 114 valence electrons. The van der Waals surface area contributed by atoms with Gasteiger partial charge in [-0.2, -0.15) is 0 Å². The normalized spacial score (nSPS) is 10.1. The number of hydrogen-bond acceptors (Lipinski definition) is 4. The third-order valence-corrected chi connectivity index (χ3v) is 2.96. The van der Waals surface area contributed by atoms with Gasteiger partial charge in [-0.25, -0.2) is 4.79 Å². The number of nitrogen functional groups attached to an aromatic ring is 1. The largest absolute Gasteiger partial charge is 0.452 e. The highest BCUT2D eigenvalue weighted by atomic mass is 16.5. The first-order valence-electron chi connectivity index (χ1n) is 6.85. The SMILES string of the molecule is Cc1cc(C)cc(NC(=O)COC(=O)c2cccc(N)c2)c1. The molecule has 5 heteroatoms. The third kappa shape index (κ3) is 4.34. The average Bonchev–Trinajstić information content (AvgIpc) is 2.43. The topological polar surface area (TPSA) is 81.4 Å². The molecule has 0 heterocycles. The lowest BCUT2D eigenvalue weighted by molar-refractivity contribution is -0.119. The Kier molecular flexibility index (Phi) is 4.78. The van der Waals surface area contributed by atoms with E-state index in [2.05, 4.69) is 5.32 Å². The summed E-state index contributed by atoms with van der Waals surface area (Å²) in [4.78, 5) is 23.6. The quantitative estimate of drug-likeness (QED) is 0.671. The van der Waals surface area contributed by atoms with E-state index < -0.39 is 5.97 Å². The maximum Gasteiger partial charge on any atom is 0.338 e. The number of nitrogens with one attached hydrogen (secondary N) is 1. The van der Waals surface area contributed by atoms with Crippen molar-refractivity contribution in [2.45, 2.75) is 13.8 Å². The van der Waals surface area contributed by atoms with E-state index in [1.165, 1.54) is 6.07 Å². The summed E-state index contributed by atoms with van der Waals surface area (Å²) in [5.41, 5.74) is 9.16. The predicted octanol–water partition coefficient (Wildman–Crippen LogP) is 2.68. The summed E-state index contributed by atoms with van der Waals surface area (Å²) in [6.45, 7) is 3.55. The maximum atomic E-state index is 11.8. The Morgan fingerprint density at radius 2 is 1.77 bits per heavy atom. The molecule has 3 N–H and O–H groups in total. The second-order valence-electron chi connectivity index (χ2n) is 5.13. The summed E-state index contributed by atoms with van der Waals surface area (Å²) in [6.07, 6.45) is 0.